The topological polar surface area (TPSA) is 101 Å². The Balaban J connectivity index is 1.37. The molecule has 2 N–H and O–H groups in total. The van der Waals surface area contributed by atoms with Crippen molar-refractivity contribution in [3.05, 3.63) is 82.8 Å². The number of nitrogens with one attached hydrogen (secondary N) is 2. The van der Waals surface area contributed by atoms with Gasteiger partial charge < -0.3 is 10.1 Å². The van der Waals surface area contributed by atoms with Crippen LogP contribution >= 0.6 is 0 Å². The number of carbonyl (C=O) groups is 2. The molecular formula is C22H17N3O4. The van der Waals surface area contributed by atoms with Crippen LogP contribution in [0.3, 0.4) is 0 Å². The number of esters is 1. The molecule has 3 aromatic carbocycles. The molecule has 0 radical (unpaired) electrons. The second-order valence-electron chi connectivity index (χ2n) is 6.49. The Morgan fingerprint density at radius 3 is 2.48 bits per heavy atom. The van der Waals surface area contributed by atoms with Crippen LogP contribution in [0.15, 0.2) is 71.5 Å². The van der Waals surface area contributed by atoms with Crippen LogP contribution in [0.25, 0.3) is 21.5 Å². The van der Waals surface area contributed by atoms with Crippen molar-refractivity contribution in [2.45, 2.75) is 6.42 Å². The van der Waals surface area contributed by atoms with Crippen molar-refractivity contribution in [2.24, 2.45) is 0 Å². The predicted molar refractivity (Wildman–Crippen MR) is 110 cm³/mol. The van der Waals surface area contributed by atoms with Gasteiger partial charge in [0.2, 0.25) is 0 Å². The van der Waals surface area contributed by atoms with Gasteiger partial charge in [-0.1, -0.05) is 48.5 Å². The number of hydrogen-bond donors (Lipinski definition) is 2. The molecule has 0 fully saturated rings. The van der Waals surface area contributed by atoms with Gasteiger partial charge >= 0.3 is 5.97 Å². The smallest absolute Gasteiger partial charge is 0.312 e. The molecule has 0 aliphatic carbocycles. The summed E-state index contributed by atoms with van der Waals surface area (Å²) >= 11 is 0. The number of carbonyl (C=O) groups excluding carboxylic acids is 2. The first-order valence-electron chi connectivity index (χ1n) is 9.01. The molecule has 0 atom stereocenters. The maximum Gasteiger partial charge on any atom is 0.312 e. The molecule has 144 valence electrons. The standard InChI is InChI=1S/C22H17N3O4/c26-20(23-16-10-9-14-5-1-2-6-15(14)11-16)13-29-21(27)12-19-17-7-3-4-8-18(17)22(28)25-24-19/h1-11H,12-13H2,(H,23,26)(H,25,28). The number of anilines is 1. The van der Waals surface area contributed by atoms with Gasteiger partial charge in [-0.2, -0.15) is 5.10 Å². The van der Waals surface area contributed by atoms with Gasteiger partial charge in [0.05, 0.1) is 17.5 Å². The van der Waals surface area contributed by atoms with Crippen LogP contribution in [0.1, 0.15) is 5.69 Å². The number of aromatic nitrogens is 2. The number of ether oxygens (including phenoxy) is 1. The van der Waals surface area contributed by atoms with Crippen LogP contribution < -0.4 is 10.9 Å². The van der Waals surface area contributed by atoms with Crippen molar-refractivity contribution >= 4 is 39.1 Å². The minimum Gasteiger partial charge on any atom is -0.455 e. The number of nitrogens with zero attached hydrogens (tertiary/aromatic N) is 1. The Bertz CT molecular complexity index is 1280. The van der Waals surface area contributed by atoms with Crippen LogP contribution in [0.5, 0.6) is 0 Å². The van der Waals surface area contributed by atoms with Crippen LogP contribution in [0, 0.1) is 0 Å². The molecule has 0 aliphatic rings. The summed E-state index contributed by atoms with van der Waals surface area (Å²) in [6, 6.07) is 20.2. The summed E-state index contributed by atoms with van der Waals surface area (Å²) in [5.41, 5.74) is 0.686. The molecule has 4 rings (SSSR count). The fourth-order valence-electron chi connectivity index (χ4n) is 3.10. The van der Waals surface area contributed by atoms with E-state index in [1.54, 1.807) is 30.3 Å². The van der Waals surface area contributed by atoms with E-state index in [0.29, 0.717) is 22.2 Å². The van der Waals surface area contributed by atoms with Crippen molar-refractivity contribution < 1.29 is 14.3 Å². The Morgan fingerprint density at radius 1 is 0.931 bits per heavy atom. The first-order chi connectivity index (χ1) is 14.1. The van der Waals surface area contributed by atoms with Gasteiger partial charge in [0.25, 0.3) is 11.5 Å². The molecule has 0 unspecified atom stereocenters. The van der Waals surface area contributed by atoms with E-state index in [0.717, 1.165) is 10.8 Å². The lowest BCUT2D eigenvalue weighted by Crippen LogP contribution is -2.22. The molecule has 0 saturated carbocycles. The predicted octanol–water partition coefficient (Wildman–Crippen LogP) is 2.80. The number of H-pyrrole nitrogens is 1. The van der Waals surface area contributed by atoms with E-state index in [1.807, 2.05) is 36.4 Å². The average molecular weight is 387 g/mol. The van der Waals surface area contributed by atoms with Gasteiger partial charge in [-0.05, 0) is 29.0 Å². The van der Waals surface area contributed by atoms with E-state index >= 15 is 0 Å². The molecule has 1 amide bonds. The molecule has 1 heterocycles. The highest BCUT2D eigenvalue weighted by atomic mass is 16.5. The summed E-state index contributed by atoms with van der Waals surface area (Å²) in [6.07, 6.45) is -0.152. The zero-order chi connectivity index (χ0) is 20.2. The minimum atomic E-state index is -0.608. The van der Waals surface area contributed by atoms with Gasteiger partial charge in [-0.3, -0.25) is 14.4 Å². The third-order valence-corrected chi connectivity index (χ3v) is 4.48. The molecular weight excluding hydrogens is 370 g/mol. The van der Waals surface area contributed by atoms with Gasteiger partial charge in [-0.15, -0.1) is 0 Å². The fourth-order valence-corrected chi connectivity index (χ4v) is 3.10. The Labute approximate surface area is 165 Å². The summed E-state index contributed by atoms with van der Waals surface area (Å²) < 4.78 is 5.06. The summed E-state index contributed by atoms with van der Waals surface area (Å²) in [4.78, 5) is 36.0. The highest BCUT2D eigenvalue weighted by Crippen LogP contribution is 2.18. The number of aromatic amines is 1. The van der Waals surface area contributed by atoms with Crippen molar-refractivity contribution in [1.82, 2.24) is 10.2 Å². The highest BCUT2D eigenvalue weighted by Gasteiger charge is 2.13. The van der Waals surface area contributed by atoms with Gasteiger partial charge in [-0.25, -0.2) is 5.10 Å². The molecule has 0 spiro atoms. The quantitative estimate of drug-likeness (QED) is 0.513. The molecule has 7 heteroatoms. The van der Waals surface area contributed by atoms with E-state index in [-0.39, 0.29) is 12.0 Å². The van der Waals surface area contributed by atoms with Crippen molar-refractivity contribution in [3.63, 3.8) is 0 Å². The first-order valence-corrected chi connectivity index (χ1v) is 9.01. The largest absolute Gasteiger partial charge is 0.455 e. The maximum absolute atomic E-state index is 12.1. The van der Waals surface area contributed by atoms with E-state index in [1.165, 1.54) is 0 Å². The van der Waals surface area contributed by atoms with Crippen LogP contribution in [0.4, 0.5) is 5.69 Å². The normalized spacial score (nSPS) is 10.8. The number of fused-ring (bicyclic) bond motifs is 2. The van der Waals surface area contributed by atoms with E-state index < -0.39 is 18.5 Å². The number of benzene rings is 3. The monoisotopic (exact) mass is 387 g/mol. The lowest BCUT2D eigenvalue weighted by Gasteiger charge is -2.08. The van der Waals surface area contributed by atoms with E-state index in [4.69, 9.17) is 4.74 Å². The summed E-state index contributed by atoms with van der Waals surface area (Å²) in [5.74, 6) is -1.05. The van der Waals surface area contributed by atoms with Crippen molar-refractivity contribution in [2.75, 3.05) is 11.9 Å². The lowest BCUT2D eigenvalue weighted by atomic mass is 10.1. The summed E-state index contributed by atoms with van der Waals surface area (Å²) in [5, 5.41) is 12.1. The van der Waals surface area contributed by atoms with Gasteiger partial charge in [0.1, 0.15) is 0 Å². The molecule has 29 heavy (non-hydrogen) atoms. The molecule has 0 aliphatic heterocycles. The van der Waals surface area contributed by atoms with Crippen LogP contribution in [-0.2, 0) is 20.7 Å². The number of amides is 1. The van der Waals surface area contributed by atoms with E-state index in [2.05, 4.69) is 15.5 Å². The third kappa shape index (κ3) is 4.14. The maximum atomic E-state index is 12.1. The highest BCUT2D eigenvalue weighted by molar-refractivity contribution is 5.96. The lowest BCUT2D eigenvalue weighted by molar-refractivity contribution is -0.146. The SMILES string of the molecule is O=C(COC(=O)Cc1n[nH]c(=O)c2ccccc12)Nc1ccc2ccccc2c1. The molecule has 0 bridgehead atoms. The Kier molecular flexibility index (Phi) is 5.03. The number of rotatable bonds is 5. The summed E-state index contributed by atoms with van der Waals surface area (Å²) in [6.45, 7) is -0.410. The zero-order valence-electron chi connectivity index (χ0n) is 15.3. The molecule has 4 aromatic rings. The van der Waals surface area contributed by atoms with E-state index in [9.17, 15) is 14.4 Å². The Hall–Kier alpha value is -4.00. The van der Waals surface area contributed by atoms with Crippen LogP contribution in [0.2, 0.25) is 0 Å². The molecule has 1 aromatic heterocycles. The average Bonchev–Trinajstić information content (AvgIpc) is 2.74. The third-order valence-electron chi connectivity index (χ3n) is 4.48. The molecule has 0 saturated heterocycles. The molecule has 7 nitrogen and oxygen atoms in total. The van der Waals surface area contributed by atoms with Crippen molar-refractivity contribution in [3.8, 4) is 0 Å². The van der Waals surface area contributed by atoms with Gasteiger partial charge in [0, 0.05) is 11.1 Å². The summed E-state index contributed by atoms with van der Waals surface area (Å²) in [7, 11) is 0. The number of hydrogen-bond acceptors (Lipinski definition) is 5. The zero-order valence-corrected chi connectivity index (χ0v) is 15.3. The second-order valence-corrected chi connectivity index (χ2v) is 6.49. The van der Waals surface area contributed by atoms with Crippen molar-refractivity contribution in [1.29, 1.82) is 0 Å². The second kappa shape index (κ2) is 7.93. The minimum absolute atomic E-state index is 0.152. The first kappa shape index (κ1) is 18.4. The van der Waals surface area contributed by atoms with Crippen LogP contribution in [-0.4, -0.2) is 28.7 Å². The fraction of sp³-hybridized carbons (Fsp3) is 0.0909. The Morgan fingerprint density at radius 2 is 1.66 bits per heavy atom. The van der Waals surface area contributed by atoms with Gasteiger partial charge in [0.15, 0.2) is 6.61 Å².